The van der Waals surface area contributed by atoms with Gasteiger partial charge < -0.3 is 20.3 Å². The van der Waals surface area contributed by atoms with Crippen LogP contribution in [0.5, 0.6) is 5.75 Å². The fourth-order valence-corrected chi connectivity index (χ4v) is 3.54. The van der Waals surface area contributed by atoms with Crippen molar-refractivity contribution in [3.8, 4) is 5.75 Å². The first-order chi connectivity index (χ1) is 13.6. The minimum Gasteiger partial charge on any atom is -0.494 e. The summed E-state index contributed by atoms with van der Waals surface area (Å²) in [6, 6.07) is 5.86. The first-order valence-electron chi connectivity index (χ1n) is 10.6. The van der Waals surface area contributed by atoms with Gasteiger partial charge in [-0.05, 0) is 50.5 Å². The summed E-state index contributed by atoms with van der Waals surface area (Å²) in [5, 5.41) is 5.83. The summed E-state index contributed by atoms with van der Waals surface area (Å²) in [7, 11) is 0. The molecule has 1 aliphatic rings. The van der Waals surface area contributed by atoms with Crippen LogP contribution < -0.4 is 15.4 Å². The number of anilines is 1. The highest BCUT2D eigenvalue weighted by Crippen LogP contribution is 2.34. The van der Waals surface area contributed by atoms with Gasteiger partial charge in [0.2, 0.25) is 11.8 Å². The lowest BCUT2D eigenvalue weighted by Gasteiger charge is -2.26. The van der Waals surface area contributed by atoms with Crippen molar-refractivity contribution in [1.82, 2.24) is 10.2 Å². The average molecular weight is 390 g/mol. The normalized spacial score (nSPS) is 15.9. The number of unbranched alkanes of at least 4 members (excludes halogenated alkanes) is 1. The van der Waals surface area contributed by atoms with Gasteiger partial charge in [0.05, 0.1) is 6.61 Å². The van der Waals surface area contributed by atoms with Crippen molar-refractivity contribution in [3.63, 3.8) is 0 Å². The topological polar surface area (TPSA) is 70.7 Å². The molecule has 6 heteroatoms. The van der Waals surface area contributed by atoms with Gasteiger partial charge in [0.25, 0.3) is 0 Å². The molecule has 1 atom stereocenters. The number of carbonyl (C=O) groups is 2. The standard InChI is InChI=1S/C22H35N3O3/c1-4-11-25(6-3)12-7-8-13-28-18-9-10-19-17(16-23-21(26)5-2)14-22(27)24-20(19)15-18/h9-10,15,17H,4-8,11-14,16H2,1-3H3,(H,23,26)(H,24,27). The van der Waals surface area contributed by atoms with Crippen LogP contribution in [0, 0.1) is 0 Å². The van der Waals surface area contributed by atoms with Gasteiger partial charge in [-0.25, -0.2) is 0 Å². The number of carbonyl (C=O) groups excluding carboxylic acids is 2. The average Bonchev–Trinajstić information content (AvgIpc) is 2.70. The maximum Gasteiger partial charge on any atom is 0.225 e. The van der Waals surface area contributed by atoms with Gasteiger partial charge in [-0.15, -0.1) is 0 Å². The predicted octanol–water partition coefficient (Wildman–Crippen LogP) is 3.53. The Labute approximate surface area is 169 Å². The number of nitrogens with one attached hydrogen (secondary N) is 2. The zero-order valence-electron chi connectivity index (χ0n) is 17.6. The van der Waals surface area contributed by atoms with E-state index >= 15 is 0 Å². The minimum atomic E-state index is -0.0176. The molecule has 0 radical (unpaired) electrons. The number of nitrogens with zero attached hydrogens (tertiary/aromatic N) is 1. The zero-order chi connectivity index (χ0) is 20.4. The second kappa shape index (κ2) is 11.7. The number of rotatable bonds is 12. The largest absolute Gasteiger partial charge is 0.494 e. The third-order valence-corrected chi connectivity index (χ3v) is 5.16. The number of hydrogen-bond donors (Lipinski definition) is 2. The second-order valence-corrected chi connectivity index (χ2v) is 7.35. The Balaban J connectivity index is 1.85. The van der Waals surface area contributed by atoms with Crippen LogP contribution in [0.3, 0.4) is 0 Å². The predicted molar refractivity (Wildman–Crippen MR) is 113 cm³/mol. The lowest BCUT2D eigenvalue weighted by molar-refractivity contribution is -0.121. The number of hydrogen-bond acceptors (Lipinski definition) is 4. The van der Waals surface area contributed by atoms with Crippen molar-refractivity contribution < 1.29 is 14.3 Å². The molecule has 0 saturated heterocycles. The molecule has 0 aliphatic carbocycles. The van der Waals surface area contributed by atoms with Gasteiger partial charge in [0, 0.05) is 37.1 Å². The maximum atomic E-state index is 12.0. The van der Waals surface area contributed by atoms with Gasteiger partial charge in [-0.3, -0.25) is 9.59 Å². The van der Waals surface area contributed by atoms with E-state index in [0.717, 1.165) is 49.5 Å². The highest BCUT2D eigenvalue weighted by Gasteiger charge is 2.25. The summed E-state index contributed by atoms with van der Waals surface area (Å²) >= 11 is 0. The highest BCUT2D eigenvalue weighted by atomic mass is 16.5. The van der Waals surface area contributed by atoms with Crippen molar-refractivity contribution in [2.24, 2.45) is 0 Å². The Kier molecular flexibility index (Phi) is 9.28. The molecule has 1 heterocycles. The number of benzene rings is 1. The fraction of sp³-hybridized carbons (Fsp3) is 0.636. The van der Waals surface area contributed by atoms with E-state index in [-0.39, 0.29) is 17.7 Å². The SMILES string of the molecule is CCCN(CC)CCCCOc1ccc2c(c1)NC(=O)CC2CNC(=O)CC. The van der Waals surface area contributed by atoms with Crippen LogP contribution in [0.4, 0.5) is 5.69 Å². The monoisotopic (exact) mass is 389 g/mol. The molecule has 0 aromatic heterocycles. The van der Waals surface area contributed by atoms with Gasteiger partial charge in [-0.1, -0.05) is 26.8 Å². The number of fused-ring (bicyclic) bond motifs is 1. The molecule has 0 fully saturated rings. The van der Waals surface area contributed by atoms with Crippen molar-refractivity contribution in [2.75, 3.05) is 38.1 Å². The Hall–Kier alpha value is -2.08. The summed E-state index contributed by atoms with van der Waals surface area (Å²) in [4.78, 5) is 26.0. The summed E-state index contributed by atoms with van der Waals surface area (Å²) < 4.78 is 5.89. The third-order valence-electron chi connectivity index (χ3n) is 5.16. The fourth-order valence-electron chi connectivity index (χ4n) is 3.54. The Morgan fingerprint density at radius 1 is 1.25 bits per heavy atom. The van der Waals surface area contributed by atoms with Crippen molar-refractivity contribution in [3.05, 3.63) is 23.8 Å². The molecule has 2 amide bonds. The smallest absolute Gasteiger partial charge is 0.225 e. The molecule has 2 rings (SSSR count). The Bertz CT molecular complexity index is 648. The van der Waals surface area contributed by atoms with Crippen LogP contribution in [0.2, 0.25) is 0 Å². The maximum absolute atomic E-state index is 12.0. The summed E-state index contributed by atoms with van der Waals surface area (Å²) in [5.74, 6) is 0.772. The van der Waals surface area contributed by atoms with E-state index in [1.165, 1.54) is 6.42 Å². The van der Waals surface area contributed by atoms with Gasteiger partial charge >= 0.3 is 0 Å². The molecule has 2 N–H and O–H groups in total. The van der Waals surface area contributed by atoms with Gasteiger partial charge in [0.15, 0.2) is 0 Å². The van der Waals surface area contributed by atoms with E-state index in [2.05, 4.69) is 29.4 Å². The van der Waals surface area contributed by atoms with E-state index < -0.39 is 0 Å². The quantitative estimate of drug-likeness (QED) is 0.537. The molecule has 6 nitrogen and oxygen atoms in total. The van der Waals surface area contributed by atoms with E-state index in [0.29, 0.717) is 26.0 Å². The zero-order valence-corrected chi connectivity index (χ0v) is 17.6. The highest BCUT2D eigenvalue weighted by molar-refractivity contribution is 5.95. The van der Waals surface area contributed by atoms with E-state index in [9.17, 15) is 9.59 Å². The molecule has 1 aliphatic heterocycles. The van der Waals surface area contributed by atoms with E-state index in [1.54, 1.807) is 0 Å². The van der Waals surface area contributed by atoms with Crippen LogP contribution >= 0.6 is 0 Å². The van der Waals surface area contributed by atoms with Crippen LogP contribution in [0.15, 0.2) is 18.2 Å². The molecular weight excluding hydrogens is 354 g/mol. The minimum absolute atomic E-state index is 0.00638. The molecule has 156 valence electrons. The van der Waals surface area contributed by atoms with Crippen LogP contribution in [-0.2, 0) is 9.59 Å². The van der Waals surface area contributed by atoms with Gasteiger partial charge in [0.1, 0.15) is 5.75 Å². The van der Waals surface area contributed by atoms with Crippen molar-refractivity contribution in [1.29, 1.82) is 0 Å². The molecule has 0 saturated carbocycles. The third kappa shape index (κ3) is 6.82. The molecule has 0 spiro atoms. The second-order valence-electron chi connectivity index (χ2n) is 7.35. The van der Waals surface area contributed by atoms with E-state index in [1.807, 2.05) is 25.1 Å². The van der Waals surface area contributed by atoms with Gasteiger partial charge in [-0.2, -0.15) is 0 Å². The lowest BCUT2D eigenvalue weighted by atomic mass is 9.90. The van der Waals surface area contributed by atoms with Crippen molar-refractivity contribution >= 4 is 17.5 Å². The van der Waals surface area contributed by atoms with E-state index in [4.69, 9.17) is 4.74 Å². The molecule has 1 aromatic carbocycles. The number of ether oxygens (including phenoxy) is 1. The van der Waals surface area contributed by atoms with Crippen LogP contribution in [-0.4, -0.2) is 49.5 Å². The first kappa shape index (κ1) is 22.2. The molecule has 28 heavy (non-hydrogen) atoms. The van der Waals surface area contributed by atoms with Crippen molar-refractivity contribution in [2.45, 2.75) is 58.8 Å². The molecule has 1 unspecified atom stereocenters. The molecule has 1 aromatic rings. The Morgan fingerprint density at radius 3 is 2.79 bits per heavy atom. The summed E-state index contributed by atoms with van der Waals surface area (Å²) in [6.45, 7) is 10.8. The number of amides is 2. The molecule has 0 bridgehead atoms. The Morgan fingerprint density at radius 2 is 2.07 bits per heavy atom. The first-order valence-corrected chi connectivity index (χ1v) is 10.6. The lowest BCUT2D eigenvalue weighted by Crippen LogP contribution is -2.32. The summed E-state index contributed by atoms with van der Waals surface area (Å²) in [6.07, 6.45) is 4.16. The summed E-state index contributed by atoms with van der Waals surface area (Å²) in [5.41, 5.74) is 1.85. The molecular formula is C22H35N3O3. The van der Waals surface area contributed by atoms with Crippen LogP contribution in [0.1, 0.15) is 64.4 Å². The van der Waals surface area contributed by atoms with Crippen LogP contribution in [0.25, 0.3) is 0 Å².